The molecule has 0 aliphatic rings. The van der Waals surface area contributed by atoms with Crippen LogP contribution < -0.4 is 10.5 Å². The molecule has 0 aliphatic heterocycles. The summed E-state index contributed by atoms with van der Waals surface area (Å²) in [5, 5.41) is 11.9. The van der Waals surface area contributed by atoms with E-state index in [1.165, 1.54) is 0 Å². The van der Waals surface area contributed by atoms with Crippen molar-refractivity contribution in [3.8, 4) is 17.1 Å². The molecule has 0 aliphatic carbocycles. The number of methoxy groups -OCH3 is 1. The molecule has 0 saturated heterocycles. The fraction of sp³-hybridized carbons (Fsp3) is 0.500. The van der Waals surface area contributed by atoms with E-state index in [2.05, 4.69) is 15.5 Å². The third kappa shape index (κ3) is 3.49. The van der Waals surface area contributed by atoms with E-state index in [1.54, 1.807) is 23.9 Å². The van der Waals surface area contributed by atoms with Crippen molar-refractivity contribution in [2.24, 2.45) is 0 Å². The first-order chi connectivity index (χ1) is 9.96. The van der Waals surface area contributed by atoms with Crippen molar-refractivity contribution in [3.05, 3.63) is 18.2 Å². The van der Waals surface area contributed by atoms with Crippen molar-refractivity contribution in [3.63, 3.8) is 0 Å². The van der Waals surface area contributed by atoms with Gasteiger partial charge in [0.1, 0.15) is 5.75 Å². The van der Waals surface area contributed by atoms with Gasteiger partial charge in [-0.1, -0.05) is 0 Å². The van der Waals surface area contributed by atoms with Gasteiger partial charge in [0, 0.05) is 18.4 Å². The van der Waals surface area contributed by atoms with Crippen LogP contribution in [0.3, 0.4) is 0 Å². The van der Waals surface area contributed by atoms with Crippen LogP contribution in [-0.4, -0.2) is 39.5 Å². The van der Waals surface area contributed by atoms with Crippen LogP contribution in [0, 0.1) is 0 Å². The minimum absolute atomic E-state index is 0.361. The van der Waals surface area contributed by atoms with Crippen LogP contribution in [0.15, 0.2) is 18.2 Å². The predicted octanol–water partition coefficient (Wildman–Crippen LogP) is 1.75. The van der Waals surface area contributed by atoms with E-state index in [4.69, 9.17) is 15.2 Å². The highest BCUT2D eigenvalue weighted by molar-refractivity contribution is 5.67. The van der Waals surface area contributed by atoms with Crippen molar-refractivity contribution >= 4 is 5.69 Å². The normalized spacial score (nSPS) is 11.6. The molecule has 1 aromatic carbocycles. The van der Waals surface area contributed by atoms with Crippen molar-refractivity contribution in [1.29, 1.82) is 0 Å². The summed E-state index contributed by atoms with van der Waals surface area (Å²) in [6, 6.07) is 5.40. The number of nitrogen functional groups attached to an aromatic ring is 1. The van der Waals surface area contributed by atoms with Gasteiger partial charge in [-0.2, -0.15) is 0 Å². The quantitative estimate of drug-likeness (QED) is 0.816. The minimum Gasteiger partial charge on any atom is -0.496 e. The summed E-state index contributed by atoms with van der Waals surface area (Å²) in [5.74, 6) is 1.26. The first-order valence-corrected chi connectivity index (χ1v) is 6.81. The van der Waals surface area contributed by atoms with Crippen LogP contribution in [-0.2, 0) is 11.3 Å². The Morgan fingerprint density at radius 2 is 2.10 bits per heavy atom. The number of nitrogens with two attached hydrogens (primary N) is 1. The molecule has 1 heterocycles. The van der Waals surface area contributed by atoms with Gasteiger partial charge < -0.3 is 15.2 Å². The van der Waals surface area contributed by atoms with Gasteiger partial charge in [-0.25, -0.2) is 4.68 Å². The molecule has 1 aromatic heterocycles. The molecule has 0 fully saturated rings. The van der Waals surface area contributed by atoms with Crippen LogP contribution in [0.4, 0.5) is 5.69 Å². The third-order valence-electron chi connectivity index (χ3n) is 3.06. The molecule has 2 N–H and O–H groups in total. The molecule has 2 rings (SSSR count). The summed E-state index contributed by atoms with van der Waals surface area (Å²) in [7, 11) is 1.59. The standard InChI is InChI=1S/C14H21N5O2/c1-5-21-14(2,3)9-19-13(16-17-18-19)11-7-6-10(15)8-12(11)20-4/h6-8H,5,9,15H2,1-4H3. The maximum Gasteiger partial charge on any atom is 0.185 e. The van der Waals surface area contributed by atoms with Crippen molar-refractivity contribution in [2.45, 2.75) is 32.9 Å². The molecule has 7 heteroatoms. The highest BCUT2D eigenvalue weighted by Crippen LogP contribution is 2.30. The summed E-state index contributed by atoms with van der Waals surface area (Å²) in [5.41, 5.74) is 6.84. The Morgan fingerprint density at radius 1 is 1.33 bits per heavy atom. The van der Waals surface area contributed by atoms with Crippen molar-refractivity contribution in [1.82, 2.24) is 20.2 Å². The lowest BCUT2D eigenvalue weighted by molar-refractivity contribution is -0.0246. The molecule has 0 saturated carbocycles. The van der Waals surface area contributed by atoms with Crippen LogP contribution in [0.1, 0.15) is 20.8 Å². The SMILES string of the molecule is CCOC(C)(C)Cn1nnnc1-c1ccc(N)cc1OC. The van der Waals surface area contributed by atoms with E-state index < -0.39 is 0 Å². The van der Waals surface area contributed by atoms with Gasteiger partial charge in [0.25, 0.3) is 0 Å². The summed E-state index contributed by atoms with van der Waals surface area (Å²) in [6.07, 6.45) is 0. The Kier molecular flexibility index (Phi) is 4.42. The summed E-state index contributed by atoms with van der Waals surface area (Å²) < 4.78 is 12.8. The number of nitrogens with zero attached hydrogens (tertiary/aromatic N) is 4. The molecule has 0 unspecified atom stereocenters. The Labute approximate surface area is 124 Å². The van der Waals surface area contributed by atoms with Gasteiger partial charge in [0.15, 0.2) is 5.82 Å². The van der Waals surface area contributed by atoms with E-state index in [0.717, 1.165) is 5.56 Å². The number of ether oxygens (including phenoxy) is 2. The largest absolute Gasteiger partial charge is 0.496 e. The van der Waals surface area contributed by atoms with E-state index in [1.807, 2.05) is 26.8 Å². The number of rotatable bonds is 6. The second-order valence-corrected chi connectivity index (χ2v) is 5.31. The molecule has 0 amide bonds. The molecule has 0 radical (unpaired) electrons. The number of aromatic nitrogens is 4. The Morgan fingerprint density at radius 3 is 2.76 bits per heavy atom. The van der Waals surface area contributed by atoms with E-state index in [-0.39, 0.29) is 5.60 Å². The number of tetrazole rings is 1. The van der Waals surface area contributed by atoms with E-state index >= 15 is 0 Å². The second-order valence-electron chi connectivity index (χ2n) is 5.31. The fourth-order valence-corrected chi connectivity index (χ4v) is 2.19. The minimum atomic E-state index is -0.361. The van der Waals surface area contributed by atoms with E-state index in [0.29, 0.717) is 30.4 Å². The van der Waals surface area contributed by atoms with E-state index in [9.17, 15) is 0 Å². The number of hydrogen-bond donors (Lipinski definition) is 1. The number of anilines is 1. The zero-order chi connectivity index (χ0) is 15.5. The van der Waals surface area contributed by atoms with Crippen LogP contribution >= 0.6 is 0 Å². The van der Waals surface area contributed by atoms with Gasteiger partial charge in [-0.05, 0) is 43.3 Å². The summed E-state index contributed by atoms with van der Waals surface area (Å²) >= 11 is 0. The van der Waals surface area contributed by atoms with Gasteiger partial charge in [0.2, 0.25) is 0 Å². The molecular formula is C14H21N5O2. The lowest BCUT2D eigenvalue weighted by Gasteiger charge is -2.24. The first kappa shape index (κ1) is 15.2. The third-order valence-corrected chi connectivity index (χ3v) is 3.06. The molecule has 114 valence electrons. The number of hydrogen-bond acceptors (Lipinski definition) is 6. The highest BCUT2D eigenvalue weighted by atomic mass is 16.5. The van der Waals surface area contributed by atoms with Gasteiger partial charge >= 0.3 is 0 Å². The average Bonchev–Trinajstić information content (AvgIpc) is 2.85. The highest BCUT2D eigenvalue weighted by Gasteiger charge is 2.23. The Bertz CT molecular complexity index is 609. The summed E-state index contributed by atoms with van der Waals surface area (Å²) in [4.78, 5) is 0. The van der Waals surface area contributed by atoms with Gasteiger partial charge in [0.05, 0.1) is 24.8 Å². The molecule has 0 spiro atoms. The lowest BCUT2D eigenvalue weighted by atomic mass is 10.1. The molecule has 7 nitrogen and oxygen atoms in total. The Balaban J connectivity index is 2.37. The average molecular weight is 291 g/mol. The predicted molar refractivity (Wildman–Crippen MR) is 79.9 cm³/mol. The smallest absolute Gasteiger partial charge is 0.185 e. The van der Waals surface area contributed by atoms with Crippen LogP contribution in [0.5, 0.6) is 5.75 Å². The Hall–Kier alpha value is -2.15. The molecule has 2 aromatic rings. The zero-order valence-corrected chi connectivity index (χ0v) is 12.8. The number of benzene rings is 1. The first-order valence-electron chi connectivity index (χ1n) is 6.81. The lowest BCUT2D eigenvalue weighted by Crippen LogP contribution is -2.31. The fourth-order valence-electron chi connectivity index (χ4n) is 2.19. The van der Waals surface area contributed by atoms with Crippen LogP contribution in [0.2, 0.25) is 0 Å². The molecule has 0 bridgehead atoms. The zero-order valence-electron chi connectivity index (χ0n) is 12.8. The summed E-state index contributed by atoms with van der Waals surface area (Å²) in [6.45, 7) is 7.14. The van der Waals surface area contributed by atoms with Crippen molar-refractivity contribution < 1.29 is 9.47 Å². The monoisotopic (exact) mass is 291 g/mol. The van der Waals surface area contributed by atoms with Crippen LogP contribution in [0.25, 0.3) is 11.4 Å². The van der Waals surface area contributed by atoms with Gasteiger partial charge in [-0.15, -0.1) is 5.10 Å². The van der Waals surface area contributed by atoms with Gasteiger partial charge in [-0.3, -0.25) is 0 Å². The second kappa shape index (κ2) is 6.09. The topological polar surface area (TPSA) is 88.1 Å². The molecule has 21 heavy (non-hydrogen) atoms. The molecular weight excluding hydrogens is 270 g/mol. The maximum atomic E-state index is 5.78. The molecule has 0 atom stereocenters. The maximum absolute atomic E-state index is 5.78. The van der Waals surface area contributed by atoms with Crippen molar-refractivity contribution in [2.75, 3.05) is 19.5 Å².